The molecule has 5 nitrogen and oxygen atoms in total. The zero-order valence-corrected chi connectivity index (χ0v) is 18.5. The molecule has 0 fully saturated rings. The van der Waals surface area contributed by atoms with Gasteiger partial charge in [-0.1, -0.05) is 44.4 Å². The molecular weight excluding hydrogens is 367 g/mol. The SMILES string of the molecule is CCCCCCc1ccc([O-])cc1Oc1cccc(S(=O)(=O)O)c1.[K+]. The van der Waals surface area contributed by atoms with Crippen molar-refractivity contribution in [3.05, 3.63) is 48.0 Å². The Morgan fingerprint density at radius 1 is 1.08 bits per heavy atom. The normalized spacial score (nSPS) is 11.0. The van der Waals surface area contributed by atoms with Crippen LogP contribution in [0.2, 0.25) is 0 Å². The van der Waals surface area contributed by atoms with Gasteiger partial charge in [-0.3, -0.25) is 4.55 Å². The van der Waals surface area contributed by atoms with Gasteiger partial charge in [0.15, 0.2) is 0 Å². The maximum absolute atomic E-state index is 11.6. The van der Waals surface area contributed by atoms with Crippen LogP contribution in [0.3, 0.4) is 0 Å². The summed E-state index contributed by atoms with van der Waals surface area (Å²) in [5, 5.41) is 11.6. The predicted molar refractivity (Wildman–Crippen MR) is 90.1 cm³/mol. The third-order valence-electron chi connectivity index (χ3n) is 3.67. The second-order valence-corrected chi connectivity index (χ2v) is 7.05. The summed E-state index contributed by atoms with van der Waals surface area (Å²) in [7, 11) is -4.30. The van der Waals surface area contributed by atoms with E-state index in [-0.39, 0.29) is 67.8 Å². The minimum atomic E-state index is -4.30. The average Bonchev–Trinajstić information content (AvgIpc) is 2.53. The quantitative estimate of drug-likeness (QED) is 0.413. The van der Waals surface area contributed by atoms with Crippen molar-refractivity contribution in [2.75, 3.05) is 0 Å². The van der Waals surface area contributed by atoms with Gasteiger partial charge in [0.05, 0.1) is 4.90 Å². The third kappa shape index (κ3) is 7.38. The monoisotopic (exact) mass is 388 g/mol. The maximum Gasteiger partial charge on any atom is 1.00 e. The van der Waals surface area contributed by atoms with E-state index >= 15 is 0 Å². The molecule has 0 aliphatic carbocycles. The van der Waals surface area contributed by atoms with Gasteiger partial charge in [0, 0.05) is 6.07 Å². The molecule has 0 amide bonds. The fraction of sp³-hybridized carbons (Fsp3) is 0.333. The van der Waals surface area contributed by atoms with Crippen LogP contribution in [0.1, 0.15) is 38.2 Å². The van der Waals surface area contributed by atoms with Gasteiger partial charge >= 0.3 is 51.4 Å². The second kappa shape index (κ2) is 10.7. The smallest absolute Gasteiger partial charge is 0.872 e. The van der Waals surface area contributed by atoms with E-state index in [2.05, 4.69) is 6.92 Å². The molecule has 7 heteroatoms. The largest absolute Gasteiger partial charge is 1.00 e. The Morgan fingerprint density at radius 3 is 2.52 bits per heavy atom. The van der Waals surface area contributed by atoms with Crippen molar-refractivity contribution in [3.63, 3.8) is 0 Å². The number of aryl methyl sites for hydroxylation is 1. The van der Waals surface area contributed by atoms with E-state index < -0.39 is 10.1 Å². The van der Waals surface area contributed by atoms with Gasteiger partial charge in [-0.15, -0.1) is 5.75 Å². The average molecular weight is 389 g/mol. The van der Waals surface area contributed by atoms with Gasteiger partial charge < -0.3 is 9.84 Å². The molecule has 0 unspecified atom stereocenters. The molecule has 0 aliphatic rings. The standard InChI is InChI=1S/C18H22O5S.K/c1-2-3-4-5-7-14-10-11-15(19)12-18(14)23-16-8-6-9-17(13-16)24(20,21)22;/h6,8-13,19H,2-5,7H2,1H3,(H,20,21,22);/q;+1/p-1. The Hall–Kier alpha value is -0.414. The van der Waals surface area contributed by atoms with Crippen LogP contribution in [-0.4, -0.2) is 13.0 Å². The Bertz CT molecular complexity index is 790. The van der Waals surface area contributed by atoms with Crippen molar-refractivity contribution >= 4 is 10.1 Å². The van der Waals surface area contributed by atoms with Crippen LogP contribution in [0.15, 0.2) is 47.4 Å². The molecule has 0 saturated heterocycles. The van der Waals surface area contributed by atoms with Crippen molar-refractivity contribution < 1.29 is 74.2 Å². The van der Waals surface area contributed by atoms with Crippen molar-refractivity contribution in [1.29, 1.82) is 0 Å². The number of rotatable bonds is 8. The van der Waals surface area contributed by atoms with Crippen molar-refractivity contribution in [2.24, 2.45) is 0 Å². The number of hydrogen-bond acceptors (Lipinski definition) is 4. The predicted octanol–water partition coefficient (Wildman–Crippen LogP) is 0.926. The van der Waals surface area contributed by atoms with E-state index in [0.717, 1.165) is 37.7 Å². The summed E-state index contributed by atoms with van der Waals surface area (Å²) < 4.78 is 37.2. The zero-order valence-electron chi connectivity index (χ0n) is 14.6. The molecule has 0 spiro atoms. The topological polar surface area (TPSA) is 86.7 Å². The van der Waals surface area contributed by atoms with Gasteiger partial charge in [-0.2, -0.15) is 8.42 Å². The molecule has 2 aromatic carbocycles. The summed E-state index contributed by atoms with van der Waals surface area (Å²) in [6.07, 6.45) is 5.19. The molecule has 130 valence electrons. The van der Waals surface area contributed by atoms with Gasteiger partial charge in [0.1, 0.15) is 11.5 Å². The molecule has 1 N–H and O–H groups in total. The van der Waals surface area contributed by atoms with E-state index in [1.165, 1.54) is 30.3 Å². The molecule has 0 saturated carbocycles. The summed E-state index contributed by atoms with van der Waals surface area (Å²) in [6.45, 7) is 2.14. The molecule has 0 atom stereocenters. The van der Waals surface area contributed by atoms with Crippen molar-refractivity contribution in [2.45, 2.75) is 43.9 Å². The second-order valence-electron chi connectivity index (χ2n) is 5.63. The third-order valence-corrected chi connectivity index (χ3v) is 4.52. The van der Waals surface area contributed by atoms with Crippen LogP contribution in [0.5, 0.6) is 17.2 Å². The Labute approximate surface area is 191 Å². The number of benzene rings is 2. The number of hydrogen-bond donors (Lipinski definition) is 1. The summed E-state index contributed by atoms with van der Waals surface area (Å²) >= 11 is 0. The number of unbranched alkanes of at least 4 members (excludes halogenated alkanes) is 3. The number of ether oxygens (including phenoxy) is 1. The van der Waals surface area contributed by atoms with Crippen LogP contribution in [0.4, 0.5) is 0 Å². The minimum absolute atomic E-state index is 0. The minimum Gasteiger partial charge on any atom is -0.872 e. The van der Waals surface area contributed by atoms with Crippen LogP contribution in [-0.2, 0) is 16.5 Å². The Balaban J connectivity index is 0.00000312. The summed E-state index contributed by atoms with van der Waals surface area (Å²) in [5.74, 6) is 0.505. The van der Waals surface area contributed by atoms with E-state index in [1.807, 2.05) is 0 Å². The van der Waals surface area contributed by atoms with Gasteiger partial charge in [0.2, 0.25) is 0 Å². The first-order valence-electron chi connectivity index (χ1n) is 7.95. The van der Waals surface area contributed by atoms with E-state index in [9.17, 15) is 13.5 Å². The van der Waals surface area contributed by atoms with Gasteiger partial charge in [-0.25, -0.2) is 0 Å². The van der Waals surface area contributed by atoms with Crippen LogP contribution in [0, 0.1) is 0 Å². The first-order valence-corrected chi connectivity index (χ1v) is 9.39. The summed E-state index contributed by atoms with van der Waals surface area (Å²) in [4.78, 5) is -0.247. The van der Waals surface area contributed by atoms with Crippen LogP contribution >= 0.6 is 0 Å². The first kappa shape index (κ1) is 22.6. The molecular formula is C18H21KO5S. The fourth-order valence-corrected chi connectivity index (χ4v) is 2.92. The fourth-order valence-electron chi connectivity index (χ4n) is 2.40. The van der Waals surface area contributed by atoms with E-state index in [1.54, 1.807) is 12.1 Å². The van der Waals surface area contributed by atoms with E-state index in [4.69, 9.17) is 9.29 Å². The van der Waals surface area contributed by atoms with Crippen molar-refractivity contribution in [3.8, 4) is 17.2 Å². The molecule has 0 heterocycles. The summed E-state index contributed by atoms with van der Waals surface area (Å²) in [5.41, 5.74) is 0.906. The van der Waals surface area contributed by atoms with Crippen molar-refractivity contribution in [1.82, 2.24) is 0 Å². The van der Waals surface area contributed by atoms with E-state index in [0.29, 0.717) is 5.75 Å². The molecule has 2 aromatic rings. The molecule has 25 heavy (non-hydrogen) atoms. The molecule has 0 aromatic heterocycles. The molecule has 0 bridgehead atoms. The van der Waals surface area contributed by atoms with Gasteiger partial charge in [-0.05, 0) is 36.6 Å². The molecule has 0 radical (unpaired) electrons. The van der Waals surface area contributed by atoms with Gasteiger partial charge in [0.25, 0.3) is 10.1 Å². The van der Waals surface area contributed by atoms with Crippen LogP contribution in [0.25, 0.3) is 0 Å². The zero-order chi connectivity index (χ0) is 17.6. The van der Waals surface area contributed by atoms with Crippen LogP contribution < -0.4 is 61.2 Å². The molecule has 2 rings (SSSR count). The Morgan fingerprint density at radius 2 is 1.84 bits per heavy atom. The Kier molecular flexibility index (Phi) is 9.65. The first-order chi connectivity index (χ1) is 11.4. The maximum atomic E-state index is 11.6. The summed E-state index contributed by atoms with van der Waals surface area (Å²) in [6, 6.07) is 10.2. The molecule has 0 aliphatic heterocycles.